The minimum Gasteiger partial charge on any atom is -0.382 e. The Kier molecular flexibility index (Phi) is 3.40. The van der Waals surface area contributed by atoms with Crippen molar-refractivity contribution in [3.8, 4) is 0 Å². The highest BCUT2D eigenvalue weighted by atomic mass is 16.1. The minimum atomic E-state index is -0.180. The largest absolute Gasteiger partial charge is 0.382 e. The molecule has 1 aromatic carbocycles. The predicted molar refractivity (Wildman–Crippen MR) is 66.7 cm³/mol. The molecule has 0 bridgehead atoms. The highest BCUT2D eigenvalue weighted by Gasteiger charge is 2.20. The fraction of sp³-hybridized carbons (Fsp3) is 0.357. The number of ketones is 1. The Bertz CT molecular complexity index is 487. The van der Waals surface area contributed by atoms with Gasteiger partial charge in [0.1, 0.15) is 5.94 Å². The average Bonchev–Trinajstić information content (AvgIpc) is 2.35. The van der Waals surface area contributed by atoms with Crippen LogP contribution in [-0.2, 0) is 16.0 Å². The van der Waals surface area contributed by atoms with Crippen LogP contribution in [0.1, 0.15) is 25.3 Å². The molecule has 0 aromatic heterocycles. The first kappa shape index (κ1) is 11.6. The van der Waals surface area contributed by atoms with E-state index in [1.54, 1.807) is 5.94 Å². The molecule has 1 unspecified atom stereocenters. The number of rotatable bonds is 3. The molecule has 1 atom stereocenters. The van der Waals surface area contributed by atoms with Gasteiger partial charge in [-0.25, -0.2) is 4.79 Å². The standard InChI is InChI=1S/C14H15NO2/c1-10(17)12(9-16)8-13-7-6-11-4-2-3-5-14(11)15-13/h2-5,13,15H,6-8H2,1H3. The van der Waals surface area contributed by atoms with E-state index in [1.165, 1.54) is 12.5 Å². The van der Waals surface area contributed by atoms with Crippen molar-refractivity contribution in [3.63, 3.8) is 0 Å². The Morgan fingerprint density at radius 2 is 2.24 bits per heavy atom. The van der Waals surface area contributed by atoms with Gasteiger partial charge in [0.05, 0.1) is 5.57 Å². The maximum Gasteiger partial charge on any atom is 0.166 e. The van der Waals surface area contributed by atoms with Gasteiger partial charge in [-0.3, -0.25) is 4.79 Å². The van der Waals surface area contributed by atoms with Crippen LogP contribution in [-0.4, -0.2) is 17.8 Å². The van der Waals surface area contributed by atoms with Gasteiger partial charge in [0, 0.05) is 18.2 Å². The summed E-state index contributed by atoms with van der Waals surface area (Å²) in [5, 5.41) is 3.36. The van der Waals surface area contributed by atoms with Crippen LogP contribution in [0.4, 0.5) is 5.69 Å². The van der Waals surface area contributed by atoms with Crippen LogP contribution in [0.15, 0.2) is 29.8 Å². The molecule has 2 rings (SSSR count). The number of anilines is 1. The lowest BCUT2D eigenvalue weighted by molar-refractivity contribution is -0.113. The lowest BCUT2D eigenvalue weighted by atomic mass is 9.93. The lowest BCUT2D eigenvalue weighted by Crippen LogP contribution is -2.26. The number of benzene rings is 1. The van der Waals surface area contributed by atoms with Crippen LogP contribution >= 0.6 is 0 Å². The summed E-state index contributed by atoms with van der Waals surface area (Å²) in [5.74, 6) is 1.57. The smallest absolute Gasteiger partial charge is 0.166 e. The molecule has 1 aliphatic rings. The van der Waals surface area contributed by atoms with Crippen LogP contribution in [0.25, 0.3) is 0 Å². The Labute approximate surface area is 101 Å². The van der Waals surface area contributed by atoms with Crippen molar-refractivity contribution in [1.82, 2.24) is 0 Å². The number of hydrogen-bond acceptors (Lipinski definition) is 3. The first-order chi connectivity index (χ1) is 8.20. The van der Waals surface area contributed by atoms with E-state index in [-0.39, 0.29) is 17.4 Å². The van der Waals surface area contributed by atoms with E-state index < -0.39 is 0 Å². The van der Waals surface area contributed by atoms with Gasteiger partial charge >= 0.3 is 0 Å². The SMILES string of the molecule is CC(=O)C(=C=O)CC1CCc2ccccc2N1. The molecule has 0 spiro atoms. The van der Waals surface area contributed by atoms with E-state index in [2.05, 4.69) is 11.4 Å². The molecule has 0 saturated carbocycles. The molecular weight excluding hydrogens is 214 g/mol. The van der Waals surface area contributed by atoms with Crippen molar-refractivity contribution in [2.75, 3.05) is 5.32 Å². The topological polar surface area (TPSA) is 46.2 Å². The number of hydrogen-bond donors (Lipinski definition) is 1. The molecule has 1 aliphatic heterocycles. The third kappa shape index (κ3) is 2.63. The first-order valence-electron chi connectivity index (χ1n) is 5.80. The van der Waals surface area contributed by atoms with E-state index >= 15 is 0 Å². The van der Waals surface area contributed by atoms with Crippen LogP contribution < -0.4 is 5.32 Å². The summed E-state index contributed by atoms with van der Waals surface area (Å²) in [6, 6.07) is 8.29. The van der Waals surface area contributed by atoms with E-state index in [1.807, 2.05) is 18.2 Å². The Balaban J connectivity index is 2.08. The lowest BCUT2D eigenvalue weighted by Gasteiger charge is -2.26. The number of carbonyl (C=O) groups excluding carboxylic acids is 2. The zero-order chi connectivity index (χ0) is 12.3. The second-order valence-electron chi connectivity index (χ2n) is 4.38. The maximum absolute atomic E-state index is 11.2. The summed E-state index contributed by atoms with van der Waals surface area (Å²) in [7, 11) is 0. The fourth-order valence-electron chi connectivity index (χ4n) is 2.16. The van der Waals surface area contributed by atoms with Crippen LogP contribution in [0.5, 0.6) is 0 Å². The highest BCUT2D eigenvalue weighted by molar-refractivity contribution is 6.00. The Morgan fingerprint density at radius 1 is 1.47 bits per heavy atom. The Hall–Kier alpha value is -1.86. The van der Waals surface area contributed by atoms with E-state index in [0.29, 0.717) is 6.42 Å². The molecule has 0 aliphatic carbocycles. The summed E-state index contributed by atoms with van der Waals surface area (Å²) in [5.41, 5.74) is 2.66. The molecule has 1 N–H and O–H groups in total. The van der Waals surface area contributed by atoms with Gasteiger partial charge in [0.2, 0.25) is 0 Å². The van der Waals surface area contributed by atoms with E-state index in [0.717, 1.165) is 18.5 Å². The zero-order valence-corrected chi connectivity index (χ0v) is 9.82. The first-order valence-corrected chi connectivity index (χ1v) is 5.80. The second-order valence-corrected chi connectivity index (χ2v) is 4.38. The summed E-state index contributed by atoms with van der Waals surface area (Å²) in [6.07, 6.45) is 2.39. The van der Waals surface area contributed by atoms with Crippen molar-refractivity contribution >= 4 is 17.4 Å². The molecular formula is C14H15NO2. The van der Waals surface area contributed by atoms with Gasteiger partial charge in [-0.05, 0) is 31.4 Å². The van der Waals surface area contributed by atoms with Crippen molar-refractivity contribution in [2.45, 2.75) is 32.2 Å². The van der Waals surface area contributed by atoms with Crippen LogP contribution in [0, 0.1) is 0 Å². The highest BCUT2D eigenvalue weighted by Crippen LogP contribution is 2.26. The van der Waals surface area contributed by atoms with Crippen molar-refractivity contribution in [1.29, 1.82) is 0 Å². The molecule has 3 heteroatoms. The van der Waals surface area contributed by atoms with Crippen LogP contribution in [0.3, 0.4) is 0 Å². The van der Waals surface area contributed by atoms with Gasteiger partial charge in [0.25, 0.3) is 0 Å². The number of Topliss-reactive ketones (excluding diaryl/α,β-unsaturated/α-hetero) is 1. The number of fused-ring (bicyclic) bond motifs is 1. The summed E-state index contributed by atoms with van der Waals surface area (Å²) in [4.78, 5) is 21.8. The third-order valence-electron chi connectivity index (χ3n) is 3.14. The van der Waals surface area contributed by atoms with Gasteiger partial charge in [0.15, 0.2) is 5.78 Å². The molecule has 3 nitrogen and oxygen atoms in total. The van der Waals surface area contributed by atoms with Gasteiger partial charge in [-0.15, -0.1) is 0 Å². The second kappa shape index (κ2) is 4.98. The number of para-hydroxylation sites is 1. The molecule has 1 aromatic rings. The quantitative estimate of drug-likeness (QED) is 0.638. The molecule has 0 fully saturated rings. The van der Waals surface area contributed by atoms with E-state index in [9.17, 15) is 9.59 Å². The van der Waals surface area contributed by atoms with Gasteiger partial charge in [-0.2, -0.15) is 0 Å². The van der Waals surface area contributed by atoms with Gasteiger partial charge in [-0.1, -0.05) is 18.2 Å². The summed E-state index contributed by atoms with van der Waals surface area (Å²) < 4.78 is 0. The molecule has 17 heavy (non-hydrogen) atoms. The Morgan fingerprint density at radius 3 is 2.94 bits per heavy atom. The maximum atomic E-state index is 11.2. The number of aryl methyl sites for hydroxylation is 1. The predicted octanol–water partition coefficient (Wildman–Crippen LogP) is 2.15. The van der Waals surface area contributed by atoms with Crippen molar-refractivity contribution in [3.05, 3.63) is 35.4 Å². The molecule has 88 valence electrons. The number of nitrogens with one attached hydrogen (secondary N) is 1. The summed E-state index contributed by atoms with van der Waals surface area (Å²) in [6.45, 7) is 1.41. The van der Waals surface area contributed by atoms with E-state index in [4.69, 9.17) is 0 Å². The third-order valence-corrected chi connectivity index (χ3v) is 3.14. The normalized spacial score (nSPS) is 17.6. The molecule has 0 radical (unpaired) electrons. The molecule has 0 saturated heterocycles. The van der Waals surface area contributed by atoms with Crippen molar-refractivity contribution in [2.24, 2.45) is 0 Å². The van der Waals surface area contributed by atoms with Crippen molar-refractivity contribution < 1.29 is 9.59 Å². The average molecular weight is 229 g/mol. The van der Waals surface area contributed by atoms with Crippen LogP contribution in [0.2, 0.25) is 0 Å². The molecule has 1 heterocycles. The minimum absolute atomic E-state index is 0.158. The zero-order valence-electron chi connectivity index (χ0n) is 9.82. The summed E-state index contributed by atoms with van der Waals surface area (Å²) >= 11 is 0. The molecule has 0 amide bonds. The van der Waals surface area contributed by atoms with Gasteiger partial charge < -0.3 is 5.32 Å². The number of carbonyl (C=O) groups is 1. The fourth-order valence-corrected chi connectivity index (χ4v) is 2.16. The monoisotopic (exact) mass is 229 g/mol.